The van der Waals surface area contributed by atoms with Crippen molar-refractivity contribution in [1.29, 1.82) is 0 Å². The Morgan fingerprint density at radius 3 is 2.44 bits per heavy atom. The molecular weight excluding hydrogens is 346 g/mol. The number of nitrogens with one attached hydrogen (secondary N) is 2. The Morgan fingerprint density at radius 1 is 0.926 bits per heavy atom. The Balaban J connectivity index is 1.65. The average molecular weight is 365 g/mol. The third-order valence-corrected chi connectivity index (χ3v) is 4.08. The Kier molecular flexibility index (Phi) is 5.51. The molecule has 27 heavy (non-hydrogen) atoms. The molecule has 3 aromatic rings. The summed E-state index contributed by atoms with van der Waals surface area (Å²) < 4.78 is 2.10. The summed E-state index contributed by atoms with van der Waals surface area (Å²) >= 11 is 0. The van der Waals surface area contributed by atoms with E-state index < -0.39 is 24.3 Å². The largest absolute Gasteiger partial charge is 0.480 e. The van der Waals surface area contributed by atoms with E-state index >= 15 is 0 Å². The minimum absolute atomic E-state index is 0.279. The number of aromatic nitrogens is 1. The van der Waals surface area contributed by atoms with Gasteiger partial charge in [0.15, 0.2) is 0 Å². The van der Waals surface area contributed by atoms with E-state index in [9.17, 15) is 14.4 Å². The Morgan fingerprint density at radius 2 is 1.70 bits per heavy atom. The lowest BCUT2D eigenvalue weighted by Gasteiger charge is -2.08. The van der Waals surface area contributed by atoms with Crippen molar-refractivity contribution in [2.45, 2.75) is 6.54 Å². The standard InChI is InChI=1S/C20H19N3O4/c24-18(21-12-19(25)26)11-22-20(27)16-6-7-17-15(10-16)8-9-23(17)13-14-4-2-1-3-5-14/h1-10H,11-13H2,(H,21,24)(H,22,27)(H,25,26). The van der Waals surface area contributed by atoms with Gasteiger partial charge in [-0.3, -0.25) is 14.4 Å². The summed E-state index contributed by atoms with van der Waals surface area (Å²) in [6.45, 7) is -0.0195. The second kappa shape index (κ2) is 8.18. The van der Waals surface area contributed by atoms with Gasteiger partial charge in [-0.05, 0) is 29.8 Å². The summed E-state index contributed by atoms with van der Waals surface area (Å²) in [5, 5.41) is 14.1. The minimum Gasteiger partial charge on any atom is -0.480 e. The van der Waals surface area contributed by atoms with Crippen LogP contribution in [0, 0.1) is 0 Å². The van der Waals surface area contributed by atoms with E-state index in [1.165, 1.54) is 5.56 Å². The molecular formula is C20H19N3O4. The van der Waals surface area contributed by atoms with E-state index in [1.807, 2.05) is 36.5 Å². The zero-order chi connectivity index (χ0) is 19.2. The lowest BCUT2D eigenvalue weighted by atomic mass is 10.1. The van der Waals surface area contributed by atoms with Gasteiger partial charge in [-0.25, -0.2) is 0 Å². The molecule has 0 fully saturated rings. The highest BCUT2D eigenvalue weighted by molar-refractivity contribution is 5.99. The van der Waals surface area contributed by atoms with Crippen molar-refractivity contribution < 1.29 is 19.5 Å². The van der Waals surface area contributed by atoms with Crippen molar-refractivity contribution in [3.05, 3.63) is 71.9 Å². The van der Waals surface area contributed by atoms with Crippen molar-refractivity contribution in [1.82, 2.24) is 15.2 Å². The topological polar surface area (TPSA) is 100 Å². The van der Waals surface area contributed by atoms with Gasteiger partial charge in [0.25, 0.3) is 5.91 Å². The van der Waals surface area contributed by atoms with Crippen LogP contribution in [-0.4, -0.2) is 40.5 Å². The number of hydrogen-bond donors (Lipinski definition) is 3. The third-order valence-electron chi connectivity index (χ3n) is 4.08. The van der Waals surface area contributed by atoms with Gasteiger partial charge in [0.1, 0.15) is 6.54 Å². The van der Waals surface area contributed by atoms with Crippen LogP contribution < -0.4 is 10.6 Å². The maximum atomic E-state index is 12.2. The first kappa shape index (κ1) is 18.2. The predicted octanol–water partition coefficient (Wildman–Crippen LogP) is 1.62. The third kappa shape index (κ3) is 4.72. The summed E-state index contributed by atoms with van der Waals surface area (Å²) in [5.74, 6) is -2.08. The van der Waals surface area contributed by atoms with Crippen LogP contribution >= 0.6 is 0 Å². The normalized spacial score (nSPS) is 10.5. The SMILES string of the molecule is O=C(O)CNC(=O)CNC(=O)c1ccc2c(ccn2Cc2ccccc2)c1. The minimum atomic E-state index is -1.14. The summed E-state index contributed by atoms with van der Waals surface area (Å²) in [5.41, 5.74) is 2.63. The number of nitrogens with zero attached hydrogens (tertiary/aromatic N) is 1. The molecule has 0 bridgehead atoms. The first-order chi connectivity index (χ1) is 13.0. The maximum absolute atomic E-state index is 12.2. The van der Waals surface area contributed by atoms with E-state index in [2.05, 4.69) is 27.3 Å². The van der Waals surface area contributed by atoms with Gasteiger partial charge in [-0.1, -0.05) is 30.3 Å². The molecule has 0 radical (unpaired) electrons. The zero-order valence-corrected chi connectivity index (χ0v) is 14.5. The predicted molar refractivity (Wildman–Crippen MR) is 100 cm³/mol. The highest BCUT2D eigenvalue weighted by Crippen LogP contribution is 2.19. The highest BCUT2D eigenvalue weighted by Gasteiger charge is 2.11. The molecule has 0 aliphatic carbocycles. The van der Waals surface area contributed by atoms with Gasteiger partial charge in [0, 0.05) is 29.2 Å². The van der Waals surface area contributed by atoms with Crippen molar-refractivity contribution >= 4 is 28.7 Å². The van der Waals surface area contributed by atoms with Gasteiger partial charge in [0.05, 0.1) is 6.54 Å². The van der Waals surface area contributed by atoms with E-state index in [0.29, 0.717) is 5.56 Å². The van der Waals surface area contributed by atoms with Crippen molar-refractivity contribution in [2.24, 2.45) is 0 Å². The zero-order valence-electron chi connectivity index (χ0n) is 14.5. The van der Waals surface area contributed by atoms with Crippen LogP contribution in [-0.2, 0) is 16.1 Å². The fraction of sp³-hybridized carbons (Fsp3) is 0.150. The molecule has 0 atom stereocenters. The quantitative estimate of drug-likeness (QED) is 0.592. The molecule has 0 aliphatic heterocycles. The van der Waals surface area contributed by atoms with E-state index in [1.54, 1.807) is 12.1 Å². The van der Waals surface area contributed by atoms with Crippen molar-refractivity contribution in [3.63, 3.8) is 0 Å². The summed E-state index contributed by atoms with van der Waals surface area (Å²) in [4.78, 5) is 34.1. The van der Waals surface area contributed by atoms with Gasteiger partial charge in [0.2, 0.25) is 5.91 Å². The Bertz CT molecular complexity index is 979. The molecule has 0 spiro atoms. The number of fused-ring (bicyclic) bond motifs is 1. The number of carbonyl (C=O) groups excluding carboxylic acids is 2. The van der Waals surface area contributed by atoms with Gasteiger partial charge in [-0.2, -0.15) is 0 Å². The molecule has 3 rings (SSSR count). The molecule has 0 saturated heterocycles. The lowest BCUT2D eigenvalue weighted by molar-refractivity contribution is -0.137. The van der Waals surface area contributed by atoms with Crippen LogP contribution in [0.4, 0.5) is 0 Å². The van der Waals surface area contributed by atoms with Crippen LogP contribution in [0.25, 0.3) is 10.9 Å². The van der Waals surface area contributed by atoms with Crippen molar-refractivity contribution in [3.8, 4) is 0 Å². The smallest absolute Gasteiger partial charge is 0.322 e. The average Bonchev–Trinajstić information content (AvgIpc) is 3.07. The fourth-order valence-corrected chi connectivity index (χ4v) is 2.76. The molecule has 1 heterocycles. The van der Waals surface area contributed by atoms with Crippen LogP contribution in [0.3, 0.4) is 0 Å². The summed E-state index contributed by atoms with van der Waals surface area (Å²) in [7, 11) is 0. The molecule has 2 amide bonds. The molecule has 7 nitrogen and oxygen atoms in total. The molecule has 0 saturated carbocycles. The molecule has 2 aromatic carbocycles. The maximum Gasteiger partial charge on any atom is 0.322 e. The Hall–Kier alpha value is -3.61. The molecule has 0 unspecified atom stereocenters. The van der Waals surface area contributed by atoms with Gasteiger partial charge in [-0.15, -0.1) is 0 Å². The highest BCUT2D eigenvalue weighted by atomic mass is 16.4. The molecule has 1 aromatic heterocycles. The fourth-order valence-electron chi connectivity index (χ4n) is 2.76. The van der Waals surface area contributed by atoms with Crippen LogP contribution in [0.15, 0.2) is 60.8 Å². The number of amides is 2. The Labute approximate surface area is 155 Å². The number of aliphatic carboxylic acids is 1. The lowest BCUT2D eigenvalue weighted by Crippen LogP contribution is -2.39. The monoisotopic (exact) mass is 365 g/mol. The molecule has 0 aliphatic rings. The summed E-state index contributed by atoms with van der Waals surface area (Å²) in [6, 6.07) is 17.4. The second-order valence-corrected chi connectivity index (χ2v) is 6.06. The van der Waals surface area contributed by atoms with E-state index in [4.69, 9.17) is 5.11 Å². The number of carbonyl (C=O) groups is 3. The van der Waals surface area contributed by atoms with Gasteiger partial charge < -0.3 is 20.3 Å². The number of carboxylic acids is 1. The number of hydrogen-bond acceptors (Lipinski definition) is 3. The van der Waals surface area contributed by atoms with Crippen LogP contribution in [0.1, 0.15) is 15.9 Å². The van der Waals surface area contributed by atoms with Gasteiger partial charge >= 0.3 is 5.97 Å². The first-order valence-corrected chi connectivity index (χ1v) is 8.42. The molecule has 7 heteroatoms. The summed E-state index contributed by atoms with van der Waals surface area (Å²) in [6.07, 6.45) is 1.97. The number of carboxylic acid groups (broad SMARTS) is 1. The second-order valence-electron chi connectivity index (χ2n) is 6.06. The van der Waals surface area contributed by atoms with E-state index in [-0.39, 0.29) is 6.54 Å². The number of rotatable bonds is 7. The molecule has 3 N–H and O–H groups in total. The van der Waals surface area contributed by atoms with Crippen LogP contribution in [0.5, 0.6) is 0 Å². The molecule has 138 valence electrons. The first-order valence-electron chi connectivity index (χ1n) is 8.42. The number of benzene rings is 2. The van der Waals surface area contributed by atoms with E-state index in [0.717, 1.165) is 17.4 Å². The van der Waals surface area contributed by atoms with Crippen LogP contribution in [0.2, 0.25) is 0 Å². The van der Waals surface area contributed by atoms with Crippen molar-refractivity contribution in [2.75, 3.05) is 13.1 Å².